The third-order valence-electron chi connectivity index (χ3n) is 3.38. The fourth-order valence-electron chi connectivity index (χ4n) is 2.27. The first-order chi connectivity index (χ1) is 7.88. The molecule has 0 saturated heterocycles. The summed E-state index contributed by atoms with van der Waals surface area (Å²) < 4.78 is 5.88. The lowest BCUT2D eigenvalue weighted by molar-refractivity contribution is 0.00120. The maximum atomic E-state index is 9.04. The quantitative estimate of drug-likeness (QED) is 0.845. The first-order valence-electron chi connectivity index (χ1n) is 6.15. The molecule has 1 saturated carbocycles. The number of hydrogen-bond donors (Lipinski definition) is 1. The van der Waals surface area contributed by atoms with Crippen LogP contribution in [0.3, 0.4) is 0 Å². The van der Waals surface area contributed by atoms with Crippen molar-refractivity contribution in [2.75, 3.05) is 6.61 Å². The van der Waals surface area contributed by atoms with E-state index < -0.39 is 0 Å². The molecule has 1 aliphatic carbocycles. The van der Waals surface area contributed by atoms with Gasteiger partial charge in [-0.1, -0.05) is 30.3 Å². The molecule has 1 N–H and O–H groups in total. The normalized spacial score (nSPS) is 25.6. The smallest absolute Gasteiger partial charge is 0.0720 e. The highest BCUT2D eigenvalue weighted by atomic mass is 16.5. The van der Waals surface area contributed by atoms with E-state index in [0.29, 0.717) is 18.6 Å². The van der Waals surface area contributed by atoms with Crippen molar-refractivity contribution >= 4 is 0 Å². The van der Waals surface area contributed by atoms with Gasteiger partial charge in [0.05, 0.1) is 12.7 Å². The lowest BCUT2D eigenvalue weighted by atomic mass is 9.88. The van der Waals surface area contributed by atoms with Crippen LogP contribution in [0.2, 0.25) is 0 Å². The van der Waals surface area contributed by atoms with Crippen LogP contribution in [0.15, 0.2) is 30.3 Å². The highest BCUT2D eigenvalue weighted by Crippen LogP contribution is 2.26. The van der Waals surface area contributed by atoms with Gasteiger partial charge >= 0.3 is 0 Å². The van der Waals surface area contributed by atoms with Gasteiger partial charge in [0.2, 0.25) is 0 Å². The minimum atomic E-state index is 0.339. The van der Waals surface area contributed by atoms with Gasteiger partial charge in [-0.3, -0.25) is 0 Å². The number of ether oxygens (including phenoxy) is 1. The molecule has 0 aromatic heterocycles. The molecule has 1 aliphatic rings. The number of benzene rings is 1. The number of hydrogen-bond acceptors (Lipinski definition) is 2. The number of aliphatic hydroxyl groups excluding tert-OH is 1. The lowest BCUT2D eigenvalue weighted by Crippen LogP contribution is -2.23. The summed E-state index contributed by atoms with van der Waals surface area (Å²) in [6, 6.07) is 10.3. The molecular weight excluding hydrogens is 200 g/mol. The highest BCUT2D eigenvalue weighted by molar-refractivity contribution is 5.13. The first-order valence-corrected chi connectivity index (χ1v) is 6.15. The van der Waals surface area contributed by atoms with Gasteiger partial charge in [0.25, 0.3) is 0 Å². The monoisotopic (exact) mass is 220 g/mol. The maximum Gasteiger partial charge on any atom is 0.0720 e. The van der Waals surface area contributed by atoms with Crippen molar-refractivity contribution in [2.24, 2.45) is 5.92 Å². The Bertz CT molecular complexity index is 289. The van der Waals surface area contributed by atoms with Gasteiger partial charge in [0, 0.05) is 6.61 Å². The van der Waals surface area contributed by atoms with Crippen LogP contribution in [-0.2, 0) is 11.3 Å². The van der Waals surface area contributed by atoms with Gasteiger partial charge in [0.15, 0.2) is 0 Å². The molecule has 1 fully saturated rings. The van der Waals surface area contributed by atoms with Gasteiger partial charge in [-0.2, -0.15) is 0 Å². The molecular formula is C14H20O2. The van der Waals surface area contributed by atoms with Crippen molar-refractivity contribution in [1.82, 2.24) is 0 Å². The van der Waals surface area contributed by atoms with Crippen LogP contribution in [0.1, 0.15) is 31.2 Å². The second kappa shape index (κ2) is 6.02. The Labute approximate surface area is 97.3 Å². The molecule has 0 amide bonds. The molecule has 2 heteroatoms. The Morgan fingerprint density at radius 2 is 1.75 bits per heavy atom. The van der Waals surface area contributed by atoms with Crippen LogP contribution in [0.5, 0.6) is 0 Å². The second-order valence-corrected chi connectivity index (χ2v) is 4.62. The van der Waals surface area contributed by atoms with Gasteiger partial charge in [-0.25, -0.2) is 0 Å². The summed E-state index contributed by atoms with van der Waals surface area (Å²) >= 11 is 0. The van der Waals surface area contributed by atoms with Gasteiger partial charge in [0.1, 0.15) is 0 Å². The Hall–Kier alpha value is -0.860. The van der Waals surface area contributed by atoms with Crippen LogP contribution in [0.25, 0.3) is 0 Å². The molecule has 1 aromatic carbocycles. The summed E-state index contributed by atoms with van der Waals surface area (Å²) in [4.78, 5) is 0. The van der Waals surface area contributed by atoms with Crippen molar-refractivity contribution in [3.05, 3.63) is 35.9 Å². The average molecular weight is 220 g/mol. The minimum absolute atomic E-state index is 0.339. The predicted octanol–water partition coefficient (Wildman–Crippen LogP) is 2.75. The third kappa shape index (κ3) is 3.32. The molecule has 88 valence electrons. The molecule has 0 bridgehead atoms. The zero-order valence-electron chi connectivity index (χ0n) is 9.64. The van der Waals surface area contributed by atoms with E-state index in [4.69, 9.17) is 9.84 Å². The molecule has 0 radical (unpaired) electrons. The SMILES string of the molecule is OC[C@H]1CC[C@@H](OCc2ccccc2)CC1. The van der Waals surface area contributed by atoms with E-state index in [2.05, 4.69) is 12.1 Å². The van der Waals surface area contributed by atoms with Gasteiger partial charge in [-0.15, -0.1) is 0 Å². The van der Waals surface area contributed by atoms with Crippen molar-refractivity contribution in [1.29, 1.82) is 0 Å². The molecule has 0 spiro atoms. The lowest BCUT2D eigenvalue weighted by Gasteiger charge is -2.27. The third-order valence-corrected chi connectivity index (χ3v) is 3.38. The zero-order chi connectivity index (χ0) is 11.2. The molecule has 0 atom stereocenters. The predicted molar refractivity (Wildman–Crippen MR) is 64.1 cm³/mol. The van der Waals surface area contributed by atoms with Crippen molar-refractivity contribution in [3.63, 3.8) is 0 Å². The van der Waals surface area contributed by atoms with E-state index in [1.54, 1.807) is 0 Å². The molecule has 0 aliphatic heterocycles. The van der Waals surface area contributed by atoms with E-state index in [1.807, 2.05) is 18.2 Å². The average Bonchev–Trinajstić information content (AvgIpc) is 2.38. The summed E-state index contributed by atoms with van der Waals surface area (Å²) in [6.07, 6.45) is 4.80. The summed E-state index contributed by atoms with van der Waals surface area (Å²) in [7, 11) is 0. The fraction of sp³-hybridized carbons (Fsp3) is 0.571. The number of rotatable bonds is 4. The van der Waals surface area contributed by atoms with E-state index in [-0.39, 0.29) is 0 Å². The summed E-state index contributed by atoms with van der Waals surface area (Å²) in [6.45, 7) is 1.06. The van der Waals surface area contributed by atoms with E-state index in [0.717, 1.165) is 32.3 Å². The Balaban J connectivity index is 1.72. The first kappa shape index (κ1) is 11.6. The number of aliphatic hydroxyl groups is 1. The molecule has 0 heterocycles. The Morgan fingerprint density at radius 1 is 1.06 bits per heavy atom. The second-order valence-electron chi connectivity index (χ2n) is 4.62. The standard InChI is InChI=1S/C14H20O2/c15-10-12-6-8-14(9-7-12)16-11-13-4-2-1-3-5-13/h1-5,12,14-15H,6-11H2/t12-,14+. The summed E-state index contributed by atoms with van der Waals surface area (Å²) in [5, 5.41) is 9.04. The van der Waals surface area contributed by atoms with Crippen molar-refractivity contribution < 1.29 is 9.84 Å². The van der Waals surface area contributed by atoms with E-state index in [9.17, 15) is 0 Å². The summed E-state index contributed by atoms with van der Waals surface area (Å²) in [5.74, 6) is 0.511. The highest BCUT2D eigenvalue weighted by Gasteiger charge is 2.20. The Kier molecular flexibility index (Phi) is 4.37. The molecule has 1 aromatic rings. The minimum Gasteiger partial charge on any atom is -0.396 e. The maximum absolute atomic E-state index is 9.04. The zero-order valence-corrected chi connectivity index (χ0v) is 9.64. The Morgan fingerprint density at radius 3 is 2.38 bits per heavy atom. The molecule has 16 heavy (non-hydrogen) atoms. The molecule has 2 rings (SSSR count). The summed E-state index contributed by atoms with van der Waals surface area (Å²) in [5.41, 5.74) is 1.24. The van der Waals surface area contributed by atoms with Crippen LogP contribution >= 0.6 is 0 Å². The van der Waals surface area contributed by atoms with Crippen molar-refractivity contribution in [2.45, 2.75) is 38.4 Å². The topological polar surface area (TPSA) is 29.5 Å². The van der Waals surface area contributed by atoms with E-state index >= 15 is 0 Å². The van der Waals surface area contributed by atoms with Crippen LogP contribution in [0.4, 0.5) is 0 Å². The molecule has 2 nitrogen and oxygen atoms in total. The van der Waals surface area contributed by atoms with Crippen LogP contribution in [-0.4, -0.2) is 17.8 Å². The van der Waals surface area contributed by atoms with Crippen LogP contribution < -0.4 is 0 Å². The van der Waals surface area contributed by atoms with Crippen molar-refractivity contribution in [3.8, 4) is 0 Å². The van der Waals surface area contributed by atoms with Gasteiger partial charge in [-0.05, 0) is 37.2 Å². The van der Waals surface area contributed by atoms with E-state index in [1.165, 1.54) is 5.56 Å². The van der Waals surface area contributed by atoms with Crippen LogP contribution in [0, 0.1) is 5.92 Å². The fourth-order valence-corrected chi connectivity index (χ4v) is 2.27. The molecule has 0 unspecified atom stereocenters. The largest absolute Gasteiger partial charge is 0.396 e. The van der Waals surface area contributed by atoms with Gasteiger partial charge < -0.3 is 9.84 Å².